The predicted octanol–water partition coefficient (Wildman–Crippen LogP) is 4.77. The number of nitrogens with zero attached hydrogens (tertiary/aromatic N) is 3. The average Bonchev–Trinajstić information content (AvgIpc) is 2.81. The number of para-hydroxylation sites is 2. The third-order valence-corrected chi connectivity index (χ3v) is 5.19. The maximum Gasteiger partial charge on any atom is 0.271 e. The van der Waals surface area contributed by atoms with Gasteiger partial charge in [-0.2, -0.15) is 0 Å². The number of rotatable bonds is 5. The van der Waals surface area contributed by atoms with Gasteiger partial charge in [0.25, 0.3) is 5.56 Å². The fourth-order valence-electron chi connectivity index (χ4n) is 3.31. The molecule has 0 aliphatic carbocycles. The van der Waals surface area contributed by atoms with E-state index in [2.05, 4.69) is 10.3 Å². The smallest absolute Gasteiger partial charge is 0.271 e. The minimum atomic E-state index is -0.491. The van der Waals surface area contributed by atoms with Crippen LogP contribution in [0.3, 0.4) is 0 Å². The summed E-state index contributed by atoms with van der Waals surface area (Å²) in [5.74, 6) is -0.478. The summed E-state index contributed by atoms with van der Waals surface area (Å²) in [7, 11) is 0. The highest BCUT2D eigenvalue weighted by molar-refractivity contribution is 7.71. The standard InChI is InChI=1S/C25H20N4O3S/c1-17(30)27-19-14-12-18(13-15-19)26-16-22-23(31)28(20-8-4-2-5-9-20)25(33)29(24(22)32)21-10-6-3-7-11-21/h2-16,31H,1H3,(H,27,30). The first-order valence-electron chi connectivity index (χ1n) is 10.1. The highest BCUT2D eigenvalue weighted by Gasteiger charge is 2.17. The number of benzene rings is 3. The molecular formula is C25H20N4O3S. The van der Waals surface area contributed by atoms with Crippen molar-refractivity contribution >= 4 is 35.7 Å². The number of carbonyl (C=O) groups is 1. The van der Waals surface area contributed by atoms with Crippen molar-refractivity contribution in [3.63, 3.8) is 0 Å². The Morgan fingerprint density at radius 3 is 2.00 bits per heavy atom. The number of aromatic hydroxyl groups is 1. The molecule has 0 aliphatic heterocycles. The van der Waals surface area contributed by atoms with Gasteiger partial charge in [0.05, 0.1) is 17.1 Å². The molecule has 2 N–H and O–H groups in total. The second kappa shape index (κ2) is 9.46. The van der Waals surface area contributed by atoms with Gasteiger partial charge in [-0.05, 0) is 60.7 Å². The predicted molar refractivity (Wildman–Crippen MR) is 132 cm³/mol. The van der Waals surface area contributed by atoms with Gasteiger partial charge < -0.3 is 10.4 Å². The van der Waals surface area contributed by atoms with Crippen LogP contribution < -0.4 is 10.9 Å². The SMILES string of the molecule is CC(=O)Nc1ccc(N=Cc2c(O)n(-c3ccccc3)c(=S)n(-c3ccccc3)c2=O)cc1. The van der Waals surface area contributed by atoms with Gasteiger partial charge in [0.1, 0.15) is 5.56 Å². The van der Waals surface area contributed by atoms with Crippen LogP contribution in [0.15, 0.2) is 94.7 Å². The summed E-state index contributed by atoms with van der Waals surface area (Å²) < 4.78 is 2.93. The molecule has 1 aromatic heterocycles. The number of nitrogens with one attached hydrogen (secondary N) is 1. The van der Waals surface area contributed by atoms with E-state index < -0.39 is 5.56 Å². The summed E-state index contributed by atoms with van der Waals surface area (Å²) in [5.41, 5.74) is 1.86. The van der Waals surface area contributed by atoms with Gasteiger partial charge in [-0.3, -0.25) is 23.7 Å². The number of amides is 1. The van der Waals surface area contributed by atoms with Crippen LogP contribution in [0.4, 0.5) is 11.4 Å². The summed E-state index contributed by atoms with van der Waals surface area (Å²) in [4.78, 5) is 28.9. The Hall–Kier alpha value is -4.30. The second-order valence-corrected chi connectivity index (χ2v) is 7.52. The maximum atomic E-state index is 13.4. The summed E-state index contributed by atoms with van der Waals surface area (Å²) in [6.45, 7) is 1.43. The molecule has 0 atom stereocenters. The Morgan fingerprint density at radius 2 is 1.45 bits per heavy atom. The van der Waals surface area contributed by atoms with Crippen molar-refractivity contribution < 1.29 is 9.90 Å². The molecular weight excluding hydrogens is 436 g/mol. The summed E-state index contributed by atoms with van der Waals surface area (Å²) in [6, 6.07) is 24.9. The number of hydrogen-bond acceptors (Lipinski definition) is 5. The van der Waals surface area contributed by atoms with Crippen LogP contribution in [0.2, 0.25) is 0 Å². The van der Waals surface area contributed by atoms with Crippen molar-refractivity contribution in [1.82, 2.24) is 9.13 Å². The molecule has 3 aromatic carbocycles. The maximum absolute atomic E-state index is 13.4. The summed E-state index contributed by atoms with van der Waals surface area (Å²) in [6.07, 6.45) is 1.32. The van der Waals surface area contributed by atoms with Crippen molar-refractivity contribution in [2.75, 3.05) is 5.32 Å². The van der Waals surface area contributed by atoms with Crippen LogP contribution >= 0.6 is 12.2 Å². The molecule has 0 radical (unpaired) electrons. The third kappa shape index (κ3) is 4.65. The molecule has 0 aliphatic rings. The molecule has 4 aromatic rings. The first kappa shape index (κ1) is 21.9. The minimum absolute atomic E-state index is 0.0118. The quantitative estimate of drug-likeness (QED) is 0.334. The van der Waals surface area contributed by atoms with Gasteiger partial charge in [0, 0.05) is 18.8 Å². The number of anilines is 1. The molecule has 0 bridgehead atoms. The second-order valence-electron chi connectivity index (χ2n) is 7.15. The lowest BCUT2D eigenvalue weighted by atomic mass is 10.2. The van der Waals surface area contributed by atoms with Crippen molar-refractivity contribution in [3.8, 4) is 17.3 Å². The van der Waals surface area contributed by atoms with Crippen LogP contribution in [-0.2, 0) is 4.79 Å². The van der Waals surface area contributed by atoms with E-state index in [1.165, 1.54) is 22.3 Å². The normalized spacial score (nSPS) is 10.9. The van der Waals surface area contributed by atoms with Crippen molar-refractivity contribution in [2.45, 2.75) is 6.92 Å². The van der Waals surface area contributed by atoms with E-state index in [0.717, 1.165) is 0 Å². The van der Waals surface area contributed by atoms with E-state index >= 15 is 0 Å². The Labute approximate surface area is 194 Å². The molecule has 0 unspecified atom stereocenters. The highest BCUT2D eigenvalue weighted by Crippen LogP contribution is 2.22. The first-order valence-corrected chi connectivity index (χ1v) is 10.5. The monoisotopic (exact) mass is 456 g/mol. The van der Waals surface area contributed by atoms with Crippen LogP contribution in [-0.4, -0.2) is 26.4 Å². The van der Waals surface area contributed by atoms with Gasteiger partial charge >= 0.3 is 0 Å². The number of carbonyl (C=O) groups excluding carboxylic acids is 1. The topological polar surface area (TPSA) is 88.6 Å². The van der Waals surface area contributed by atoms with Gasteiger partial charge in [0.2, 0.25) is 11.8 Å². The Morgan fingerprint density at radius 1 is 0.909 bits per heavy atom. The molecule has 164 valence electrons. The molecule has 1 heterocycles. The van der Waals surface area contributed by atoms with E-state index in [4.69, 9.17) is 12.2 Å². The van der Waals surface area contributed by atoms with Crippen LogP contribution in [0.1, 0.15) is 12.5 Å². The number of aliphatic imine (C=N–C) groups is 1. The Bertz CT molecular complexity index is 1440. The molecule has 8 heteroatoms. The average molecular weight is 457 g/mol. The van der Waals surface area contributed by atoms with Gasteiger partial charge in [-0.25, -0.2) is 0 Å². The van der Waals surface area contributed by atoms with E-state index in [0.29, 0.717) is 22.7 Å². The fraction of sp³-hybridized carbons (Fsp3) is 0.0400. The van der Waals surface area contributed by atoms with Crippen molar-refractivity contribution in [2.24, 2.45) is 4.99 Å². The van der Waals surface area contributed by atoms with E-state index in [1.807, 2.05) is 24.3 Å². The van der Waals surface area contributed by atoms with Crippen LogP contribution in [0, 0.1) is 4.77 Å². The van der Waals surface area contributed by atoms with E-state index in [-0.39, 0.29) is 22.1 Å². The molecule has 0 spiro atoms. The van der Waals surface area contributed by atoms with Crippen LogP contribution in [0.25, 0.3) is 11.4 Å². The molecule has 33 heavy (non-hydrogen) atoms. The Kier molecular flexibility index (Phi) is 6.28. The largest absolute Gasteiger partial charge is 0.494 e. The molecule has 1 amide bonds. The summed E-state index contributed by atoms with van der Waals surface area (Å²) in [5, 5.41) is 13.7. The van der Waals surface area contributed by atoms with Crippen LogP contribution in [0.5, 0.6) is 5.88 Å². The van der Waals surface area contributed by atoms with Gasteiger partial charge in [-0.1, -0.05) is 36.4 Å². The number of hydrogen-bond donors (Lipinski definition) is 2. The first-order chi connectivity index (χ1) is 16.0. The zero-order chi connectivity index (χ0) is 23.4. The molecule has 4 rings (SSSR count). The highest BCUT2D eigenvalue weighted by atomic mass is 32.1. The fourth-order valence-corrected chi connectivity index (χ4v) is 3.69. The Balaban J connectivity index is 1.87. The molecule has 7 nitrogen and oxygen atoms in total. The summed E-state index contributed by atoms with van der Waals surface area (Å²) >= 11 is 5.60. The molecule has 0 saturated carbocycles. The minimum Gasteiger partial charge on any atom is -0.494 e. The number of aromatic nitrogens is 2. The van der Waals surface area contributed by atoms with Gasteiger partial charge in [-0.15, -0.1) is 0 Å². The molecule has 0 saturated heterocycles. The lowest BCUT2D eigenvalue weighted by Crippen LogP contribution is -2.27. The van der Waals surface area contributed by atoms with E-state index in [9.17, 15) is 14.7 Å². The van der Waals surface area contributed by atoms with Crippen molar-refractivity contribution in [3.05, 3.63) is 106 Å². The third-order valence-electron chi connectivity index (χ3n) is 4.83. The van der Waals surface area contributed by atoms with Gasteiger partial charge in [0.15, 0.2) is 4.77 Å². The lowest BCUT2D eigenvalue weighted by molar-refractivity contribution is -0.114. The van der Waals surface area contributed by atoms with E-state index in [1.54, 1.807) is 60.7 Å². The molecule has 0 fully saturated rings. The lowest BCUT2D eigenvalue weighted by Gasteiger charge is -2.16. The van der Waals surface area contributed by atoms with Crippen molar-refractivity contribution in [1.29, 1.82) is 0 Å². The zero-order valence-electron chi connectivity index (χ0n) is 17.7. The zero-order valence-corrected chi connectivity index (χ0v) is 18.5.